The van der Waals surface area contributed by atoms with Crippen molar-refractivity contribution in [1.29, 1.82) is 0 Å². The molecule has 0 amide bonds. The molecule has 5 heteroatoms. The van der Waals surface area contributed by atoms with Gasteiger partial charge in [-0.2, -0.15) is 0 Å². The molecule has 2 aromatic heterocycles. The molecule has 1 unspecified atom stereocenters. The van der Waals surface area contributed by atoms with Crippen LogP contribution in [0.5, 0.6) is 0 Å². The number of rotatable bonds is 4. The Morgan fingerprint density at radius 1 is 1.00 bits per heavy atom. The summed E-state index contributed by atoms with van der Waals surface area (Å²) in [6, 6.07) is 8.18. The van der Waals surface area contributed by atoms with Crippen molar-refractivity contribution in [3.63, 3.8) is 0 Å². The number of likely N-dealkylation sites (tertiary alicyclic amines) is 1. The Labute approximate surface area is 154 Å². The van der Waals surface area contributed by atoms with E-state index in [9.17, 15) is 0 Å². The maximum Gasteiger partial charge on any atom is 0.128 e. The summed E-state index contributed by atoms with van der Waals surface area (Å²) in [5.41, 5.74) is 1.32. The van der Waals surface area contributed by atoms with Crippen LogP contribution in [-0.2, 0) is 6.54 Å². The average molecular weight is 357 g/mol. The van der Waals surface area contributed by atoms with Crippen molar-refractivity contribution in [2.24, 2.45) is 11.8 Å². The first kappa shape index (κ1) is 16.8. The van der Waals surface area contributed by atoms with Crippen molar-refractivity contribution < 1.29 is 0 Å². The van der Waals surface area contributed by atoms with Gasteiger partial charge in [0, 0.05) is 38.2 Å². The molecule has 0 N–H and O–H groups in total. The number of piperidine rings is 1. The number of halogens is 1. The summed E-state index contributed by atoms with van der Waals surface area (Å²) < 4.78 is 0. The Morgan fingerprint density at radius 2 is 1.84 bits per heavy atom. The molecule has 1 atom stereocenters. The van der Waals surface area contributed by atoms with Crippen molar-refractivity contribution in [3.05, 3.63) is 53.4 Å². The van der Waals surface area contributed by atoms with Gasteiger partial charge in [0.25, 0.3) is 0 Å². The number of aromatic nitrogens is 2. The van der Waals surface area contributed by atoms with Gasteiger partial charge in [-0.3, -0.25) is 9.88 Å². The quantitative estimate of drug-likeness (QED) is 0.832. The number of hydrogen-bond donors (Lipinski definition) is 0. The summed E-state index contributed by atoms with van der Waals surface area (Å²) in [6.45, 7) is 5.70. The second kappa shape index (κ2) is 7.71. The second-order valence-corrected chi connectivity index (χ2v) is 7.74. The van der Waals surface area contributed by atoms with Crippen LogP contribution in [0.25, 0.3) is 0 Å². The molecule has 2 saturated heterocycles. The molecule has 2 aliphatic heterocycles. The molecule has 4 rings (SSSR count). The highest BCUT2D eigenvalue weighted by atomic mass is 35.5. The monoisotopic (exact) mass is 356 g/mol. The normalized spacial score (nSPS) is 22.4. The number of pyridine rings is 2. The largest absolute Gasteiger partial charge is 0.356 e. The fraction of sp³-hybridized carbons (Fsp3) is 0.500. The first-order chi connectivity index (χ1) is 12.3. The summed E-state index contributed by atoms with van der Waals surface area (Å²) in [7, 11) is 0. The van der Waals surface area contributed by atoms with E-state index in [1.54, 1.807) is 6.20 Å². The van der Waals surface area contributed by atoms with Gasteiger partial charge >= 0.3 is 0 Å². The standard InChI is InChI=1S/C20H25ClN4/c21-19-3-4-20(23-13-19)25-11-7-18(15-25)17-5-9-24(10-6-17)14-16-2-1-8-22-12-16/h1-4,8,12-13,17-18H,5-7,9-11,14-15H2. The van der Waals surface area contributed by atoms with E-state index in [-0.39, 0.29) is 0 Å². The third-order valence-corrected chi connectivity index (χ3v) is 5.91. The Kier molecular flexibility index (Phi) is 5.18. The van der Waals surface area contributed by atoms with Crippen molar-refractivity contribution in [3.8, 4) is 0 Å². The number of anilines is 1. The zero-order valence-electron chi connectivity index (χ0n) is 14.5. The summed E-state index contributed by atoms with van der Waals surface area (Å²) in [4.78, 5) is 13.7. The predicted molar refractivity (Wildman–Crippen MR) is 102 cm³/mol. The van der Waals surface area contributed by atoms with Crippen molar-refractivity contribution in [2.45, 2.75) is 25.8 Å². The smallest absolute Gasteiger partial charge is 0.128 e. The van der Waals surface area contributed by atoms with Gasteiger partial charge in [-0.1, -0.05) is 17.7 Å². The third-order valence-electron chi connectivity index (χ3n) is 5.69. The van der Waals surface area contributed by atoms with Crippen LogP contribution in [0.15, 0.2) is 42.9 Å². The first-order valence-electron chi connectivity index (χ1n) is 9.26. The summed E-state index contributed by atoms with van der Waals surface area (Å²) in [6.07, 6.45) is 9.50. The topological polar surface area (TPSA) is 32.3 Å². The van der Waals surface area contributed by atoms with Gasteiger partial charge in [0.15, 0.2) is 0 Å². The third kappa shape index (κ3) is 4.13. The van der Waals surface area contributed by atoms with Crippen LogP contribution < -0.4 is 4.90 Å². The lowest BCUT2D eigenvalue weighted by Crippen LogP contribution is -2.36. The lowest BCUT2D eigenvalue weighted by molar-refractivity contribution is 0.147. The van der Waals surface area contributed by atoms with Gasteiger partial charge in [-0.25, -0.2) is 4.98 Å². The number of hydrogen-bond acceptors (Lipinski definition) is 4. The molecule has 2 aromatic rings. The summed E-state index contributed by atoms with van der Waals surface area (Å²) in [5.74, 6) is 2.72. The SMILES string of the molecule is Clc1ccc(N2CCC(C3CCN(Cc4cccnc4)CC3)C2)nc1. The van der Waals surface area contributed by atoms with E-state index in [1.807, 2.05) is 30.6 Å². The van der Waals surface area contributed by atoms with Crippen molar-refractivity contribution in [1.82, 2.24) is 14.9 Å². The Morgan fingerprint density at radius 3 is 2.56 bits per heavy atom. The average Bonchev–Trinajstić information content (AvgIpc) is 3.14. The van der Waals surface area contributed by atoms with E-state index in [0.29, 0.717) is 5.02 Å². The fourth-order valence-corrected chi connectivity index (χ4v) is 4.38. The molecule has 2 aliphatic rings. The molecule has 2 fully saturated rings. The minimum absolute atomic E-state index is 0.709. The van der Waals surface area contributed by atoms with Gasteiger partial charge in [-0.15, -0.1) is 0 Å². The van der Waals surface area contributed by atoms with Gasteiger partial charge in [-0.05, 0) is 68.0 Å². The minimum Gasteiger partial charge on any atom is -0.356 e. The Hall–Kier alpha value is -1.65. The molecular weight excluding hydrogens is 332 g/mol. The Bertz CT molecular complexity index is 668. The lowest BCUT2D eigenvalue weighted by atomic mass is 9.83. The molecule has 0 spiro atoms. The zero-order chi connectivity index (χ0) is 17.1. The predicted octanol–water partition coefficient (Wildman–Crippen LogP) is 3.87. The maximum absolute atomic E-state index is 5.95. The van der Waals surface area contributed by atoms with E-state index >= 15 is 0 Å². The molecular formula is C20H25ClN4. The van der Waals surface area contributed by atoms with E-state index in [0.717, 1.165) is 37.3 Å². The van der Waals surface area contributed by atoms with Gasteiger partial charge in [0.05, 0.1) is 5.02 Å². The van der Waals surface area contributed by atoms with Crippen LogP contribution in [0.2, 0.25) is 5.02 Å². The molecule has 0 bridgehead atoms. The van der Waals surface area contributed by atoms with Crippen molar-refractivity contribution in [2.75, 3.05) is 31.1 Å². The molecule has 0 aliphatic carbocycles. The summed E-state index contributed by atoms with van der Waals surface area (Å²) >= 11 is 5.95. The van der Waals surface area contributed by atoms with E-state index in [2.05, 4.69) is 25.8 Å². The molecule has 4 heterocycles. The van der Waals surface area contributed by atoms with E-state index < -0.39 is 0 Å². The van der Waals surface area contributed by atoms with Gasteiger partial charge in [0.2, 0.25) is 0 Å². The highest BCUT2D eigenvalue weighted by Gasteiger charge is 2.32. The maximum atomic E-state index is 5.95. The van der Waals surface area contributed by atoms with Crippen LogP contribution in [0, 0.1) is 11.8 Å². The zero-order valence-corrected chi connectivity index (χ0v) is 15.3. The molecule has 25 heavy (non-hydrogen) atoms. The Balaban J connectivity index is 1.28. The highest BCUT2D eigenvalue weighted by Crippen LogP contribution is 2.33. The summed E-state index contributed by atoms with van der Waals surface area (Å²) in [5, 5.41) is 0.709. The first-order valence-corrected chi connectivity index (χ1v) is 9.63. The molecule has 132 valence electrons. The lowest BCUT2D eigenvalue weighted by Gasteiger charge is -2.34. The van der Waals surface area contributed by atoms with Gasteiger partial charge in [0.1, 0.15) is 5.82 Å². The molecule has 0 saturated carbocycles. The van der Waals surface area contributed by atoms with Crippen LogP contribution in [0.3, 0.4) is 0 Å². The minimum atomic E-state index is 0.709. The highest BCUT2D eigenvalue weighted by molar-refractivity contribution is 6.30. The fourth-order valence-electron chi connectivity index (χ4n) is 4.27. The molecule has 0 aromatic carbocycles. The van der Waals surface area contributed by atoms with E-state index in [1.165, 1.54) is 37.9 Å². The molecule has 4 nitrogen and oxygen atoms in total. The van der Waals surface area contributed by atoms with Gasteiger partial charge < -0.3 is 4.90 Å². The number of nitrogens with zero attached hydrogens (tertiary/aromatic N) is 4. The second-order valence-electron chi connectivity index (χ2n) is 7.30. The van der Waals surface area contributed by atoms with Crippen molar-refractivity contribution >= 4 is 17.4 Å². The van der Waals surface area contributed by atoms with Crippen LogP contribution >= 0.6 is 11.6 Å². The van der Waals surface area contributed by atoms with E-state index in [4.69, 9.17) is 11.6 Å². The molecule has 0 radical (unpaired) electrons. The van der Waals surface area contributed by atoms with Crippen LogP contribution in [0.4, 0.5) is 5.82 Å². The van der Waals surface area contributed by atoms with Crippen LogP contribution in [0.1, 0.15) is 24.8 Å². The van der Waals surface area contributed by atoms with Crippen LogP contribution in [-0.4, -0.2) is 41.0 Å².